The molecule has 150 valence electrons. The molecule has 0 unspecified atom stereocenters. The highest BCUT2D eigenvalue weighted by atomic mass is 16.5. The van der Waals surface area contributed by atoms with Gasteiger partial charge in [0.2, 0.25) is 11.9 Å². The lowest BCUT2D eigenvalue weighted by Crippen LogP contribution is -2.47. The number of benzene rings is 1. The highest BCUT2D eigenvalue weighted by Gasteiger charge is 2.55. The predicted molar refractivity (Wildman–Crippen MR) is 103 cm³/mol. The highest BCUT2D eigenvalue weighted by Crippen LogP contribution is 2.42. The van der Waals surface area contributed by atoms with Crippen LogP contribution in [0.3, 0.4) is 0 Å². The van der Waals surface area contributed by atoms with Gasteiger partial charge in [-0.15, -0.1) is 5.10 Å². The Bertz CT molecular complexity index is 841. The molecule has 0 spiro atoms. The molecule has 2 atom stereocenters. The number of fused-ring (bicyclic) bond motifs is 1. The summed E-state index contributed by atoms with van der Waals surface area (Å²) in [5, 5.41) is 9.61. The minimum absolute atomic E-state index is 0.0463. The molecule has 4 N–H and O–H groups in total. The predicted octanol–water partition coefficient (Wildman–Crippen LogP) is 0.203. The van der Waals surface area contributed by atoms with E-state index >= 15 is 0 Å². The fourth-order valence-corrected chi connectivity index (χ4v) is 4.25. The second kappa shape index (κ2) is 7.76. The summed E-state index contributed by atoms with van der Waals surface area (Å²) in [5.41, 5.74) is 6.14. The summed E-state index contributed by atoms with van der Waals surface area (Å²) in [6.07, 6.45) is 0.558. The van der Waals surface area contributed by atoms with Crippen LogP contribution in [0.5, 0.6) is 5.75 Å². The molecule has 2 aliphatic heterocycles. The van der Waals surface area contributed by atoms with Gasteiger partial charge in [-0.25, -0.2) is 0 Å². The van der Waals surface area contributed by atoms with E-state index in [9.17, 15) is 4.79 Å². The lowest BCUT2D eigenvalue weighted by molar-refractivity contribution is -0.131. The summed E-state index contributed by atoms with van der Waals surface area (Å²) < 4.78 is 11.2. The van der Waals surface area contributed by atoms with Crippen molar-refractivity contribution in [1.29, 1.82) is 0 Å². The highest BCUT2D eigenvalue weighted by molar-refractivity contribution is 5.84. The van der Waals surface area contributed by atoms with Gasteiger partial charge < -0.3 is 20.5 Å². The first-order valence-electron chi connectivity index (χ1n) is 9.48. The SMILES string of the molecule is COc1ccccc1CN1C[C@@H]2COC[C@]2(C(=O)NCCc2nc(N)n[nH]2)C1. The Morgan fingerprint density at radius 2 is 2.36 bits per heavy atom. The number of nitrogen functional groups attached to an aromatic ring is 1. The first kappa shape index (κ1) is 18.7. The number of hydrogen-bond donors (Lipinski definition) is 3. The average molecular weight is 386 g/mol. The van der Waals surface area contributed by atoms with E-state index in [-0.39, 0.29) is 17.8 Å². The largest absolute Gasteiger partial charge is 0.496 e. The normalized spacial score (nSPS) is 24.2. The molecule has 2 saturated heterocycles. The summed E-state index contributed by atoms with van der Waals surface area (Å²) in [7, 11) is 1.68. The molecular weight excluding hydrogens is 360 g/mol. The molecule has 0 radical (unpaired) electrons. The fraction of sp³-hybridized carbons (Fsp3) is 0.526. The molecular formula is C19H26N6O3. The summed E-state index contributed by atoms with van der Waals surface area (Å²) in [4.78, 5) is 19.4. The first-order chi connectivity index (χ1) is 13.6. The third-order valence-electron chi connectivity index (χ3n) is 5.68. The van der Waals surface area contributed by atoms with Crippen LogP contribution >= 0.6 is 0 Å². The molecule has 0 saturated carbocycles. The van der Waals surface area contributed by atoms with Crippen molar-refractivity contribution in [3.63, 3.8) is 0 Å². The van der Waals surface area contributed by atoms with Crippen molar-refractivity contribution in [2.75, 3.05) is 45.7 Å². The van der Waals surface area contributed by atoms with E-state index in [0.717, 1.165) is 24.4 Å². The minimum atomic E-state index is -0.498. The van der Waals surface area contributed by atoms with E-state index in [0.29, 0.717) is 38.5 Å². The quantitative estimate of drug-likeness (QED) is 0.622. The van der Waals surface area contributed by atoms with Crippen LogP contribution in [0.2, 0.25) is 0 Å². The van der Waals surface area contributed by atoms with Crippen molar-refractivity contribution in [3.8, 4) is 5.75 Å². The second-order valence-corrected chi connectivity index (χ2v) is 7.50. The van der Waals surface area contributed by atoms with E-state index in [1.807, 2.05) is 18.2 Å². The summed E-state index contributed by atoms with van der Waals surface area (Å²) >= 11 is 0. The molecule has 28 heavy (non-hydrogen) atoms. The molecule has 1 amide bonds. The number of nitrogens with zero attached hydrogens (tertiary/aromatic N) is 3. The van der Waals surface area contributed by atoms with Crippen molar-refractivity contribution in [2.45, 2.75) is 13.0 Å². The van der Waals surface area contributed by atoms with Crippen molar-refractivity contribution in [3.05, 3.63) is 35.7 Å². The monoisotopic (exact) mass is 386 g/mol. The minimum Gasteiger partial charge on any atom is -0.496 e. The molecule has 9 nitrogen and oxygen atoms in total. The zero-order valence-electron chi connectivity index (χ0n) is 16.0. The van der Waals surface area contributed by atoms with Crippen molar-refractivity contribution in [2.24, 2.45) is 11.3 Å². The summed E-state index contributed by atoms with van der Waals surface area (Å²) in [6, 6.07) is 8.01. The molecule has 3 heterocycles. The van der Waals surface area contributed by atoms with Gasteiger partial charge >= 0.3 is 0 Å². The second-order valence-electron chi connectivity index (χ2n) is 7.50. The third kappa shape index (κ3) is 3.55. The smallest absolute Gasteiger partial charge is 0.239 e. The number of amides is 1. The van der Waals surface area contributed by atoms with Crippen LogP contribution in [-0.4, -0.2) is 65.9 Å². The maximum atomic E-state index is 13.1. The van der Waals surface area contributed by atoms with E-state index < -0.39 is 5.41 Å². The number of ether oxygens (including phenoxy) is 2. The van der Waals surface area contributed by atoms with Crippen LogP contribution in [0.1, 0.15) is 11.4 Å². The van der Waals surface area contributed by atoms with Gasteiger partial charge in [0.05, 0.1) is 25.7 Å². The van der Waals surface area contributed by atoms with Gasteiger partial charge in [0.1, 0.15) is 11.6 Å². The maximum absolute atomic E-state index is 13.1. The molecule has 1 aromatic heterocycles. The van der Waals surface area contributed by atoms with Crippen molar-refractivity contribution < 1.29 is 14.3 Å². The first-order valence-corrected chi connectivity index (χ1v) is 9.48. The summed E-state index contributed by atoms with van der Waals surface area (Å²) in [5.74, 6) is 2.00. The average Bonchev–Trinajstić information content (AvgIpc) is 3.36. The van der Waals surface area contributed by atoms with Crippen LogP contribution in [0, 0.1) is 11.3 Å². The van der Waals surface area contributed by atoms with Gasteiger partial charge in [0.25, 0.3) is 0 Å². The number of carbonyl (C=O) groups excluding carboxylic acids is 1. The summed E-state index contributed by atoms with van der Waals surface area (Å²) in [6.45, 7) is 3.83. The fourth-order valence-electron chi connectivity index (χ4n) is 4.25. The molecule has 2 fully saturated rings. The molecule has 1 aromatic carbocycles. The number of carbonyl (C=O) groups is 1. The van der Waals surface area contributed by atoms with Gasteiger partial charge in [-0.05, 0) is 6.07 Å². The zero-order chi connectivity index (χ0) is 19.6. The lowest BCUT2D eigenvalue weighted by Gasteiger charge is -2.26. The molecule has 4 rings (SSSR count). The molecule has 2 aromatic rings. The Labute approximate surface area is 163 Å². The van der Waals surface area contributed by atoms with Crippen LogP contribution in [-0.2, 0) is 22.5 Å². The Kier molecular flexibility index (Phi) is 5.19. The Morgan fingerprint density at radius 1 is 1.50 bits per heavy atom. The zero-order valence-corrected chi connectivity index (χ0v) is 16.0. The van der Waals surface area contributed by atoms with Gasteiger partial charge in [0.15, 0.2) is 0 Å². The number of anilines is 1. The Morgan fingerprint density at radius 3 is 3.14 bits per heavy atom. The van der Waals surface area contributed by atoms with Crippen LogP contribution in [0.15, 0.2) is 24.3 Å². The van der Waals surface area contributed by atoms with Gasteiger partial charge in [0, 0.05) is 44.1 Å². The number of likely N-dealkylation sites (tertiary alicyclic amines) is 1. The van der Waals surface area contributed by atoms with E-state index in [1.54, 1.807) is 7.11 Å². The Balaban J connectivity index is 1.38. The number of aromatic amines is 1. The lowest BCUT2D eigenvalue weighted by atomic mass is 9.80. The third-order valence-corrected chi connectivity index (χ3v) is 5.68. The number of methoxy groups -OCH3 is 1. The number of nitrogens with one attached hydrogen (secondary N) is 2. The van der Waals surface area contributed by atoms with Crippen LogP contribution < -0.4 is 15.8 Å². The van der Waals surface area contributed by atoms with Crippen LogP contribution in [0.25, 0.3) is 0 Å². The standard InChI is InChI=1S/C19H26N6O3/c1-27-15-5-3-2-4-13(15)8-25-9-14-10-28-12-19(14,11-25)17(26)21-7-6-16-22-18(20)24-23-16/h2-5,14H,6-12H2,1H3,(H,21,26)(H3,20,22,23,24)/t14-,19-/m1/s1. The van der Waals surface area contributed by atoms with E-state index in [1.165, 1.54) is 0 Å². The van der Waals surface area contributed by atoms with Gasteiger partial charge in [-0.3, -0.25) is 14.8 Å². The van der Waals surface area contributed by atoms with Gasteiger partial charge in [-0.1, -0.05) is 18.2 Å². The van der Waals surface area contributed by atoms with Crippen molar-refractivity contribution in [1.82, 2.24) is 25.4 Å². The number of H-pyrrole nitrogens is 1. The Hall–Kier alpha value is -2.65. The number of aromatic nitrogens is 3. The van der Waals surface area contributed by atoms with Crippen molar-refractivity contribution >= 4 is 11.9 Å². The number of nitrogens with two attached hydrogens (primary N) is 1. The van der Waals surface area contributed by atoms with E-state index in [4.69, 9.17) is 15.2 Å². The molecule has 0 aliphatic carbocycles. The van der Waals surface area contributed by atoms with E-state index in [2.05, 4.69) is 31.5 Å². The number of hydrogen-bond acceptors (Lipinski definition) is 7. The van der Waals surface area contributed by atoms with Gasteiger partial charge in [-0.2, -0.15) is 4.98 Å². The number of rotatable bonds is 7. The molecule has 9 heteroatoms. The topological polar surface area (TPSA) is 118 Å². The number of para-hydroxylation sites is 1. The van der Waals surface area contributed by atoms with Crippen LogP contribution in [0.4, 0.5) is 5.95 Å². The maximum Gasteiger partial charge on any atom is 0.239 e. The molecule has 0 bridgehead atoms. The molecule has 2 aliphatic rings.